The van der Waals surface area contributed by atoms with Crippen LogP contribution in [0.25, 0.3) is 0 Å². The van der Waals surface area contributed by atoms with Crippen molar-refractivity contribution < 1.29 is 8.78 Å². The number of benzene rings is 1. The second-order valence-corrected chi connectivity index (χ2v) is 3.77. The number of nitrogens with two attached hydrogens (primary N) is 1. The highest BCUT2D eigenvalue weighted by molar-refractivity contribution is 7.78. The fourth-order valence-corrected chi connectivity index (χ4v) is 1.71. The Labute approximate surface area is 98.8 Å². The highest BCUT2D eigenvalue weighted by Gasteiger charge is 2.17. The SMILES string of the molecule is Fc1ccc(C2CCNC2)cc1F.NC=S. The number of halogens is 2. The van der Waals surface area contributed by atoms with Gasteiger partial charge in [-0.25, -0.2) is 8.78 Å². The summed E-state index contributed by atoms with van der Waals surface area (Å²) in [6.45, 7) is 1.83. The molecule has 1 aromatic carbocycles. The fourth-order valence-electron chi connectivity index (χ4n) is 1.71. The molecular weight excluding hydrogens is 230 g/mol. The molecule has 0 amide bonds. The Hall–Kier alpha value is -1.07. The maximum atomic E-state index is 12.8. The Morgan fingerprint density at radius 2 is 2.06 bits per heavy atom. The highest BCUT2D eigenvalue weighted by atomic mass is 32.1. The van der Waals surface area contributed by atoms with E-state index in [1.165, 1.54) is 12.1 Å². The van der Waals surface area contributed by atoms with Gasteiger partial charge in [0.2, 0.25) is 0 Å². The van der Waals surface area contributed by atoms with Crippen molar-refractivity contribution in [2.45, 2.75) is 12.3 Å². The minimum Gasteiger partial charge on any atom is -0.396 e. The minimum absolute atomic E-state index is 0.343. The highest BCUT2D eigenvalue weighted by Crippen LogP contribution is 2.23. The summed E-state index contributed by atoms with van der Waals surface area (Å²) in [6.07, 6.45) is 1.01. The van der Waals surface area contributed by atoms with Crippen molar-refractivity contribution in [3.8, 4) is 0 Å². The number of thiocarbonyl (C=S) groups is 1. The molecule has 2 rings (SSSR count). The van der Waals surface area contributed by atoms with Crippen molar-refractivity contribution in [3.05, 3.63) is 35.4 Å². The van der Waals surface area contributed by atoms with E-state index < -0.39 is 11.6 Å². The molecule has 1 aliphatic heterocycles. The first-order valence-corrected chi connectivity index (χ1v) is 5.47. The van der Waals surface area contributed by atoms with E-state index in [-0.39, 0.29) is 0 Å². The number of hydrogen-bond donors (Lipinski definition) is 2. The maximum Gasteiger partial charge on any atom is 0.159 e. The molecule has 5 heteroatoms. The van der Waals surface area contributed by atoms with Crippen molar-refractivity contribution in [3.63, 3.8) is 0 Å². The average Bonchev–Trinajstić information content (AvgIpc) is 2.76. The van der Waals surface area contributed by atoms with Crippen LogP contribution in [0, 0.1) is 11.6 Å². The molecule has 0 aliphatic carbocycles. The third-order valence-electron chi connectivity index (χ3n) is 2.48. The zero-order valence-electron chi connectivity index (χ0n) is 8.75. The van der Waals surface area contributed by atoms with E-state index in [1.807, 2.05) is 0 Å². The summed E-state index contributed by atoms with van der Waals surface area (Å²) in [4.78, 5) is 0. The van der Waals surface area contributed by atoms with Crippen LogP contribution in [0.5, 0.6) is 0 Å². The van der Waals surface area contributed by atoms with Crippen LogP contribution in [0.4, 0.5) is 8.78 Å². The van der Waals surface area contributed by atoms with Gasteiger partial charge in [0.15, 0.2) is 11.6 Å². The first-order valence-electron chi connectivity index (χ1n) is 5.00. The average molecular weight is 244 g/mol. The molecule has 0 saturated carbocycles. The van der Waals surface area contributed by atoms with Crippen molar-refractivity contribution in [1.29, 1.82) is 0 Å². The molecule has 1 aliphatic rings. The topological polar surface area (TPSA) is 38.0 Å². The van der Waals surface area contributed by atoms with Gasteiger partial charge in [0.1, 0.15) is 0 Å². The molecule has 1 aromatic rings. The van der Waals surface area contributed by atoms with Crippen LogP contribution >= 0.6 is 12.2 Å². The van der Waals surface area contributed by atoms with Gasteiger partial charge in [0.05, 0.1) is 5.49 Å². The van der Waals surface area contributed by atoms with Crippen LogP contribution in [0.1, 0.15) is 17.9 Å². The molecule has 0 bridgehead atoms. The number of hydrogen-bond acceptors (Lipinski definition) is 2. The van der Waals surface area contributed by atoms with Gasteiger partial charge < -0.3 is 11.1 Å². The van der Waals surface area contributed by atoms with Gasteiger partial charge in [-0.3, -0.25) is 0 Å². The van der Waals surface area contributed by atoms with E-state index in [4.69, 9.17) is 0 Å². The van der Waals surface area contributed by atoms with Crippen molar-refractivity contribution in [1.82, 2.24) is 5.32 Å². The van der Waals surface area contributed by atoms with Gasteiger partial charge >= 0.3 is 0 Å². The zero-order valence-corrected chi connectivity index (χ0v) is 9.57. The Bertz CT molecular complexity index is 352. The van der Waals surface area contributed by atoms with Crippen LogP contribution in [0.2, 0.25) is 0 Å². The van der Waals surface area contributed by atoms with E-state index in [0.29, 0.717) is 5.92 Å². The first kappa shape index (κ1) is 13.0. The van der Waals surface area contributed by atoms with E-state index in [1.54, 1.807) is 6.07 Å². The van der Waals surface area contributed by atoms with Crippen molar-refractivity contribution >= 4 is 17.7 Å². The molecule has 1 unspecified atom stereocenters. The largest absolute Gasteiger partial charge is 0.396 e. The molecule has 16 heavy (non-hydrogen) atoms. The van der Waals surface area contributed by atoms with Crippen LogP contribution < -0.4 is 11.1 Å². The summed E-state index contributed by atoms with van der Waals surface area (Å²) < 4.78 is 25.4. The van der Waals surface area contributed by atoms with Gasteiger partial charge in [-0.2, -0.15) is 0 Å². The summed E-state index contributed by atoms with van der Waals surface area (Å²) in [7, 11) is 0. The van der Waals surface area contributed by atoms with Crippen LogP contribution in [-0.2, 0) is 0 Å². The summed E-state index contributed by atoms with van der Waals surface area (Å²) >= 11 is 4.05. The Balaban J connectivity index is 0.000000386. The van der Waals surface area contributed by atoms with Gasteiger partial charge in [0, 0.05) is 6.54 Å². The van der Waals surface area contributed by atoms with Gasteiger partial charge in [-0.1, -0.05) is 18.3 Å². The lowest BCUT2D eigenvalue weighted by Crippen LogP contribution is -2.08. The Morgan fingerprint density at radius 3 is 2.56 bits per heavy atom. The van der Waals surface area contributed by atoms with Crippen LogP contribution in [0.3, 0.4) is 0 Å². The molecule has 0 aromatic heterocycles. The quantitative estimate of drug-likeness (QED) is 0.741. The Kier molecular flexibility index (Phi) is 5.28. The molecule has 1 fully saturated rings. The standard InChI is InChI=1S/C10H11F2N.CH3NS/c11-9-2-1-7(5-10(9)12)8-3-4-13-6-8;2-1-3/h1-2,5,8,13H,3-4,6H2;1H,(H2,2,3). The second kappa shape index (κ2) is 6.50. The number of rotatable bonds is 1. The van der Waals surface area contributed by atoms with Crippen molar-refractivity contribution in [2.75, 3.05) is 13.1 Å². The predicted octanol–water partition coefficient (Wildman–Crippen LogP) is 1.94. The maximum absolute atomic E-state index is 12.8. The van der Waals surface area contributed by atoms with E-state index in [2.05, 4.69) is 23.3 Å². The monoisotopic (exact) mass is 244 g/mol. The zero-order chi connectivity index (χ0) is 12.0. The summed E-state index contributed by atoms with van der Waals surface area (Å²) in [5.41, 5.74) is 6.51. The van der Waals surface area contributed by atoms with Crippen molar-refractivity contribution in [2.24, 2.45) is 5.73 Å². The summed E-state index contributed by atoms with van der Waals surface area (Å²) in [6, 6.07) is 4.16. The summed E-state index contributed by atoms with van der Waals surface area (Å²) in [5.74, 6) is -1.17. The van der Waals surface area contributed by atoms with Gasteiger partial charge in [-0.15, -0.1) is 0 Å². The van der Waals surface area contributed by atoms with Crippen LogP contribution in [0.15, 0.2) is 18.2 Å². The Morgan fingerprint density at radius 1 is 1.38 bits per heavy atom. The smallest absolute Gasteiger partial charge is 0.159 e. The molecule has 0 radical (unpaired) electrons. The van der Waals surface area contributed by atoms with E-state index >= 15 is 0 Å². The molecule has 2 nitrogen and oxygen atoms in total. The normalized spacial score (nSPS) is 18.8. The van der Waals surface area contributed by atoms with E-state index in [0.717, 1.165) is 30.6 Å². The second-order valence-electron chi connectivity index (χ2n) is 3.50. The third-order valence-corrected chi connectivity index (χ3v) is 2.48. The lowest BCUT2D eigenvalue weighted by molar-refractivity contribution is 0.505. The van der Waals surface area contributed by atoms with Crippen LogP contribution in [-0.4, -0.2) is 18.6 Å². The lowest BCUT2D eigenvalue weighted by atomic mass is 9.98. The first-order chi connectivity index (χ1) is 7.69. The summed E-state index contributed by atoms with van der Waals surface area (Å²) in [5, 5.41) is 3.19. The molecule has 88 valence electrons. The molecule has 3 N–H and O–H groups in total. The molecule has 1 saturated heterocycles. The predicted molar refractivity (Wildman–Crippen MR) is 64.4 cm³/mol. The number of nitrogens with one attached hydrogen (secondary N) is 1. The minimum atomic E-state index is -0.769. The lowest BCUT2D eigenvalue weighted by Gasteiger charge is -2.08. The molecule has 1 atom stereocenters. The van der Waals surface area contributed by atoms with Gasteiger partial charge in [-0.05, 0) is 36.6 Å². The third kappa shape index (κ3) is 3.50. The van der Waals surface area contributed by atoms with E-state index in [9.17, 15) is 8.78 Å². The molecule has 0 spiro atoms. The molecule has 1 heterocycles. The van der Waals surface area contributed by atoms with Gasteiger partial charge in [0.25, 0.3) is 0 Å². The fraction of sp³-hybridized carbons (Fsp3) is 0.364. The molecular formula is C11H14F2N2S.